The van der Waals surface area contributed by atoms with Crippen molar-refractivity contribution in [3.8, 4) is 5.75 Å². The van der Waals surface area contributed by atoms with Crippen LogP contribution in [-0.4, -0.2) is 31.7 Å². The second-order valence-electron chi connectivity index (χ2n) is 5.48. The molecule has 0 bridgehead atoms. The Kier molecular flexibility index (Phi) is 7.18. The highest BCUT2D eigenvalue weighted by molar-refractivity contribution is 5.95. The molecule has 0 spiro atoms. The van der Waals surface area contributed by atoms with E-state index in [0.717, 1.165) is 0 Å². The van der Waals surface area contributed by atoms with Crippen LogP contribution in [0.3, 0.4) is 0 Å². The van der Waals surface area contributed by atoms with Gasteiger partial charge in [-0.1, -0.05) is 18.2 Å². The summed E-state index contributed by atoms with van der Waals surface area (Å²) >= 11 is 0. The first kappa shape index (κ1) is 19.2. The Morgan fingerprint density at radius 2 is 2.00 bits per heavy atom. The maximum absolute atomic E-state index is 13.5. The summed E-state index contributed by atoms with van der Waals surface area (Å²) in [6, 6.07) is 13.1. The monoisotopic (exact) mass is 366 g/mol. The molecule has 1 heterocycles. The van der Waals surface area contributed by atoms with Crippen LogP contribution in [0.5, 0.6) is 5.75 Å². The first-order chi connectivity index (χ1) is 11.7. The number of nitrogens with one attached hydrogen (secondary N) is 2. The normalized spacial score (nSPS) is 16.6. The van der Waals surface area contributed by atoms with Crippen molar-refractivity contribution in [1.29, 1.82) is 0 Å². The Bertz CT molecular complexity index is 691. The van der Waals surface area contributed by atoms with Crippen LogP contribution in [0.15, 0.2) is 48.5 Å². The third-order valence-electron chi connectivity index (χ3n) is 3.71. The predicted molar refractivity (Wildman–Crippen MR) is 95.7 cm³/mol. The largest absolute Gasteiger partial charge is 0.489 e. The number of carbonyl (C=O) groups is 1. The highest BCUT2D eigenvalue weighted by Gasteiger charge is 2.20. The fraction of sp³-hybridized carbons (Fsp3) is 0.278. The number of halogens is 2. The molecule has 1 fully saturated rings. The van der Waals surface area contributed by atoms with Crippen molar-refractivity contribution in [2.45, 2.75) is 12.6 Å². The van der Waals surface area contributed by atoms with E-state index in [9.17, 15) is 9.18 Å². The summed E-state index contributed by atoms with van der Waals surface area (Å²) < 4.78 is 24.4. The number of ether oxygens (including phenoxy) is 2. The topological polar surface area (TPSA) is 59.6 Å². The molecule has 0 saturated carbocycles. The van der Waals surface area contributed by atoms with Crippen LogP contribution in [-0.2, 0) is 16.1 Å². The van der Waals surface area contributed by atoms with Crippen molar-refractivity contribution in [1.82, 2.24) is 5.32 Å². The molecular formula is C18H20ClFN2O3. The lowest BCUT2D eigenvalue weighted by Crippen LogP contribution is -2.48. The highest BCUT2D eigenvalue weighted by atomic mass is 35.5. The van der Waals surface area contributed by atoms with Gasteiger partial charge in [-0.15, -0.1) is 12.4 Å². The van der Waals surface area contributed by atoms with Crippen LogP contribution in [0.25, 0.3) is 0 Å². The van der Waals surface area contributed by atoms with Gasteiger partial charge in [0.15, 0.2) is 0 Å². The number of anilines is 1. The first-order valence-corrected chi connectivity index (χ1v) is 7.80. The van der Waals surface area contributed by atoms with Gasteiger partial charge in [0.1, 0.15) is 24.2 Å². The summed E-state index contributed by atoms with van der Waals surface area (Å²) in [5.41, 5.74) is 1.17. The molecule has 0 aromatic heterocycles. The molecule has 25 heavy (non-hydrogen) atoms. The smallest absolute Gasteiger partial charge is 0.243 e. The van der Waals surface area contributed by atoms with Gasteiger partial charge in [0.05, 0.1) is 13.2 Å². The van der Waals surface area contributed by atoms with Crippen LogP contribution in [0.4, 0.5) is 10.1 Å². The third-order valence-corrected chi connectivity index (χ3v) is 3.71. The van der Waals surface area contributed by atoms with Gasteiger partial charge in [-0.2, -0.15) is 0 Å². The Labute approximate surface area is 151 Å². The van der Waals surface area contributed by atoms with Crippen LogP contribution >= 0.6 is 12.4 Å². The van der Waals surface area contributed by atoms with Gasteiger partial charge in [0.2, 0.25) is 5.91 Å². The molecule has 1 atom stereocenters. The molecule has 2 aromatic carbocycles. The first-order valence-electron chi connectivity index (χ1n) is 7.80. The summed E-state index contributed by atoms with van der Waals surface area (Å²) in [6.07, 6.45) is 0. The average molecular weight is 367 g/mol. The predicted octanol–water partition coefficient (Wildman–Crippen LogP) is 2.75. The van der Waals surface area contributed by atoms with Crippen molar-refractivity contribution in [3.05, 3.63) is 59.9 Å². The zero-order valence-electron chi connectivity index (χ0n) is 13.5. The van der Waals surface area contributed by atoms with Crippen molar-refractivity contribution in [2.75, 3.05) is 25.1 Å². The number of amides is 1. The number of carbonyl (C=O) groups excluding carboxylic acids is 1. The molecule has 0 radical (unpaired) electrons. The molecule has 1 aliphatic rings. The maximum atomic E-state index is 13.5. The molecule has 5 nitrogen and oxygen atoms in total. The van der Waals surface area contributed by atoms with Crippen molar-refractivity contribution in [3.63, 3.8) is 0 Å². The Morgan fingerprint density at radius 3 is 2.68 bits per heavy atom. The van der Waals surface area contributed by atoms with Gasteiger partial charge in [-0.05, 0) is 30.3 Å². The van der Waals surface area contributed by atoms with E-state index in [1.807, 2.05) is 0 Å². The van der Waals surface area contributed by atoms with Gasteiger partial charge in [0, 0.05) is 17.8 Å². The van der Waals surface area contributed by atoms with E-state index >= 15 is 0 Å². The van der Waals surface area contributed by atoms with E-state index in [-0.39, 0.29) is 36.8 Å². The van der Waals surface area contributed by atoms with E-state index < -0.39 is 0 Å². The zero-order chi connectivity index (χ0) is 16.8. The van der Waals surface area contributed by atoms with Crippen LogP contribution in [0.1, 0.15) is 5.56 Å². The summed E-state index contributed by atoms with van der Waals surface area (Å²) in [5.74, 6) is 0.189. The minimum atomic E-state index is -0.337. The van der Waals surface area contributed by atoms with Crippen LogP contribution in [0, 0.1) is 5.82 Å². The SMILES string of the molecule is Cl.O=C(Nc1ccc(OCc2ccccc2F)cc1)C1COCCN1. The number of benzene rings is 2. The standard InChI is InChI=1S/C18H19FN2O3.ClH/c19-16-4-2-1-3-13(16)11-24-15-7-5-14(6-8-15)21-18(22)17-12-23-10-9-20-17;/h1-8,17,20H,9-12H2,(H,21,22);1H. The summed E-state index contributed by atoms with van der Waals surface area (Å²) in [4.78, 5) is 12.1. The molecule has 1 aliphatic heterocycles. The van der Waals surface area contributed by atoms with E-state index in [0.29, 0.717) is 36.8 Å². The van der Waals surface area contributed by atoms with E-state index in [1.54, 1.807) is 42.5 Å². The quantitative estimate of drug-likeness (QED) is 0.854. The molecule has 3 rings (SSSR count). The maximum Gasteiger partial charge on any atom is 0.243 e. The van der Waals surface area contributed by atoms with Crippen LogP contribution in [0.2, 0.25) is 0 Å². The number of hydrogen-bond donors (Lipinski definition) is 2. The summed E-state index contributed by atoms with van der Waals surface area (Å²) in [6.45, 7) is 1.82. The zero-order valence-corrected chi connectivity index (χ0v) is 14.4. The van der Waals surface area contributed by atoms with Crippen molar-refractivity contribution < 1.29 is 18.7 Å². The molecule has 134 valence electrons. The Hall–Kier alpha value is -2.15. The van der Waals surface area contributed by atoms with Crippen molar-refractivity contribution >= 4 is 24.0 Å². The number of hydrogen-bond acceptors (Lipinski definition) is 4. The molecular weight excluding hydrogens is 347 g/mol. The van der Waals surface area contributed by atoms with Gasteiger partial charge in [-0.25, -0.2) is 4.39 Å². The molecule has 1 saturated heterocycles. The highest BCUT2D eigenvalue weighted by Crippen LogP contribution is 2.18. The molecule has 2 N–H and O–H groups in total. The Morgan fingerprint density at radius 1 is 1.24 bits per heavy atom. The number of rotatable bonds is 5. The molecule has 1 amide bonds. The summed E-state index contributed by atoms with van der Waals surface area (Å²) in [5, 5.41) is 5.92. The minimum Gasteiger partial charge on any atom is -0.489 e. The number of morpholine rings is 1. The van der Waals surface area contributed by atoms with E-state index in [4.69, 9.17) is 9.47 Å². The van der Waals surface area contributed by atoms with Gasteiger partial charge in [0.25, 0.3) is 0 Å². The fourth-order valence-electron chi connectivity index (χ4n) is 2.37. The lowest BCUT2D eigenvalue weighted by Gasteiger charge is -2.22. The molecule has 2 aromatic rings. The fourth-order valence-corrected chi connectivity index (χ4v) is 2.37. The lowest BCUT2D eigenvalue weighted by molar-refractivity contribution is -0.120. The van der Waals surface area contributed by atoms with Gasteiger partial charge in [-0.3, -0.25) is 4.79 Å². The third kappa shape index (κ3) is 5.42. The van der Waals surface area contributed by atoms with E-state index in [1.165, 1.54) is 6.07 Å². The average Bonchev–Trinajstić information content (AvgIpc) is 2.63. The Balaban J connectivity index is 0.00000225. The van der Waals surface area contributed by atoms with Crippen LogP contribution < -0.4 is 15.4 Å². The lowest BCUT2D eigenvalue weighted by atomic mass is 10.2. The van der Waals surface area contributed by atoms with E-state index in [2.05, 4.69) is 10.6 Å². The van der Waals surface area contributed by atoms with Crippen molar-refractivity contribution in [2.24, 2.45) is 0 Å². The second-order valence-corrected chi connectivity index (χ2v) is 5.48. The molecule has 1 unspecified atom stereocenters. The molecule has 0 aliphatic carbocycles. The summed E-state index contributed by atoms with van der Waals surface area (Å²) in [7, 11) is 0. The van der Waals surface area contributed by atoms with Gasteiger partial charge < -0.3 is 20.1 Å². The second kappa shape index (κ2) is 9.36. The van der Waals surface area contributed by atoms with Gasteiger partial charge >= 0.3 is 0 Å². The minimum absolute atomic E-state index is 0. The molecule has 7 heteroatoms.